The molecule has 0 bridgehead atoms. The van der Waals surface area contributed by atoms with E-state index in [0.29, 0.717) is 0 Å². The lowest BCUT2D eigenvalue weighted by atomic mass is 10.2. The van der Waals surface area contributed by atoms with Crippen LogP contribution in [-0.2, 0) is 19.9 Å². The summed E-state index contributed by atoms with van der Waals surface area (Å²) < 4.78 is 49.0. The first kappa shape index (κ1) is 16.0. The van der Waals surface area contributed by atoms with E-state index in [1.165, 1.54) is 12.1 Å². The van der Waals surface area contributed by atoms with Crippen molar-refractivity contribution >= 4 is 37.4 Å². The fourth-order valence-corrected chi connectivity index (χ4v) is 4.81. The van der Waals surface area contributed by atoms with Crippen LogP contribution < -0.4 is 4.72 Å². The molecule has 0 aromatic heterocycles. The molecule has 114 valence electrons. The second-order valence-corrected chi connectivity index (χ2v) is 8.36. The molecular weight excluding hydrogens is 342 g/mol. The summed E-state index contributed by atoms with van der Waals surface area (Å²) in [7, 11) is -7.56. The molecule has 0 saturated carbocycles. The maximum absolute atomic E-state index is 12.2. The fourth-order valence-electron chi connectivity index (χ4n) is 1.75. The molecule has 1 aromatic rings. The standard InChI is InChI=1S/C11H10ClNO6S2/c12-9-2-1-7(11(14)15)5-10(9)21(18,19)13-8-3-4-20(16,17)6-8/h1-5,8,13H,6H2,(H,14,15). The Morgan fingerprint density at radius 3 is 2.57 bits per heavy atom. The fraction of sp³-hybridized carbons (Fsp3) is 0.182. The van der Waals surface area contributed by atoms with Gasteiger partial charge in [0.25, 0.3) is 0 Å². The first-order chi connectivity index (χ1) is 9.61. The molecule has 0 spiro atoms. The summed E-state index contributed by atoms with van der Waals surface area (Å²) >= 11 is 5.78. The molecule has 0 amide bonds. The Kier molecular flexibility index (Phi) is 4.11. The van der Waals surface area contributed by atoms with Crippen LogP contribution in [0.4, 0.5) is 0 Å². The average Bonchev–Trinajstić information content (AvgIpc) is 2.67. The Bertz CT molecular complexity index is 828. The van der Waals surface area contributed by atoms with Gasteiger partial charge in [-0.2, -0.15) is 0 Å². The Balaban J connectivity index is 2.34. The summed E-state index contributed by atoms with van der Waals surface area (Å²) in [6, 6.07) is 2.33. The summed E-state index contributed by atoms with van der Waals surface area (Å²) in [6.45, 7) is 0. The Morgan fingerprint density at radius 2 is 2.05 bits per heavy atom. The van der Waals surface area contributed by atoms with Gasteiger partial charge in [0.05, 0.1) is 22.4 Å². The summed E-state index contributed by atoms with van der Waals surface area (Å²) in [4.78, 5) is 10.5. The summed E-state index contributed by atoms with van der Waals surface area (Å²) in [5.41, 5.74) is -0.241. The van der Waals surface area contributed by atoms with E-state index >= 15 is 0 Å². The van der Waals surface area contributed by atoms with Crippen LogP contribution in [0.2, 0.25) is 5.02 Å². The minimum absolute atomic E-state index is 0.155. The van der Waals surface area contributed by atoms with Gasteiger partial charge in [0, 0.05) is 5.41 Å². The number of hydrogen-bond donors (Lipinski definition) is 2. The highest BCUT2D eigenvalue weighted by Crippen LogP contribution is 2.23. The number of nitrogens with one attached hydrogen (secondary N) is 1. The normalized spacial score (nSPS) is 20.5. The van der Waals surface area contributed by atoms with Gasteiger partial charge < -0.3 is 5.11 Å². The number of aromatic carboxylic acids is 1. The lowest BCUT2D eigenvalue weighted by Gasteiger charge is -2.12. The second kappa shape index (κ2) is 5.41. The van der Waals surface area contributed by atoms with E-state index in [1.54, 1.807) is 0 Å². The first-order valence-electron chi connectivity index (χ1n) is 5.57. The number of sulfone groups is 1. The molecule has 1 aliphatic heterocycles. The second-order valence-electron chi connectivity index (χ2n) is 4.34. The van der Waals surface area contributed by atoms with Crippen molar-refractivity contribution in [2.75, 3.05) is 5.75 Å². The predicted molar refractivity (Wildman–Crippen MR) is 75.4 cm³/mol. The van der Waals surface area contributed by atoms with E-state index in [1.807, 2.05) is 0 Å². The average molecular weight is 352 g/mol. The van der Waals surface area contributed by atoms with Crippen LogP contribution in [-0.4, -0.2) is 39.7 Å². The van der Waals surface area contributed by atoms with E-state index in [2.05, 4.69) is 4.72 Å². The molecule has 0 saturated heterocycles. The van der Waals surface area contributed by atoms with Gasteiger partial charge in [0.1, 0.15) is 4.90 Å². The van der Waals surface area contributed by atoms with Crippen LogP contribution in [0.3, 0.4) is 0 Å². The summed E-state index contributed by atoms with van der Waals surface area (Å²) in [5.74, 6) is -1.69. The highest BCUT2D eigenvalue weighted by atomic mass is 35.5. The van der Waals surface area contributed by atoms with Crippen molar-refractivity contribution in [3.63, 3.8) is 0 Å². The Labute approximate surface area is 126 Å². The molecule has 10 heteroatoms. The lowest BCUT2D eigenvalue weighted by molar-refractivity contribution is 0.0696. The number of hydrogen-bond acceptors (Lipinski definition) is 5. The van der Waals surface area contributed by atoms with Crippen LogP contribution in [0.5, 0.6) is 0 Å². The number of halogens is 1. The minimum atomic E-state index is -4.14. The number of rotatable bonds is 4. The number of carboxylic acids is 1. The topological polar surface area (TPSA) is 118 Å². The molecule has 0 radical (unpaired) electrons. The molecule has 1 atom stereocenters. The van der Waals surface area contributed by atoms with Crippen molar-refractivity contribution in [2.45, 2.75) is 10.9 Å². The molecule has 1 heterocycles. The summed E-state index contributed by atoms with van der Waals surface area (Å²) in [6.07, 6.45) is 1.21. The van der Waals surface area contributed by atoms with Gasteiger partial charge in [-0.1, -0.05) is 17.7 Å². The third kappa shape index (κ3) is 3.62. The van der Waals surface area contributed by atoms with Crippen molar-refractivity contribution in [3.8, 4) is 0 Å². The molecule has 1 aliphatic rings. The van der Waals surface area contributed by atoms with Gasteiger partial charge in [0.15, 0.2) is 9.84 Å². The first-order valence-corrected chi connectivity index (χ1v) is 9.14. The van der Waals surface area contributed by atoms with Gasteiger partial charge in [-0.25, -0.2) is 26.4 Å². The van der Waals surface area contributed by atoms with Crippen LogP contribution >= 0.6 is 11.6 Å². The molecule has 0 aliphatic carbocycles. The molecule has 0 fully saturated rings. The van der Waals surface area contributed by atoms with E-state index in [4.69, 9.17) is 16.7 Å². The smallest absolute Gasteiger partial charge is 0.335 e. The van der Waals surface area contributed by atoms with Crippen LogP contribution in [0, 0.1) is 0 Å². The Hall–Kier alpha value is -1.42. The van der Waals surface area contributed by atoms with E-state index < -0.39 is 36.8 Å². The largest absolute Gasteiger partial charge is 0.478 e. The van der Waals surface area contributed by atoms with E-state index in [-0.39, 0.29) is 16.3 Å². The molecule has 21 heavy (non-hydrogen) atoms. The van der Waals surface area contributed by atoms with Crippen LogP contribution in [0.25, 0.3) is 0 Å². The number of sulfonamides is 1. The van der Waals surface area contributed by atoms with Crippen molar-refractivity contribution < 1.29 is 26.7 Å². The van der Waals surface area contributed by atoms with E-state index in [9.17, 15) is 21.6 Å². The lowest BCUT2D eigenvalue weighted by Crippen LogP contribution is -2.35. The maximum Gasteiger partial charge on any atom is 0.335 e. The van der Waals surface area contributed by atoms with Crippen molar-refractivity contribution in [2.24, 2.45) is 0 Å². The number of benzene rings is 1. The van der Waals surface area contributed by atoms with Crippen LogP contribution in [0.1, 0.15) is 10.4 Å². The molecule has 1 aromatic carbocycles. The molecule has 1 unspecified atom stereocenters. The maximum atomic E-state index is 12.2. The minimum Gasteiger partial charge on any atom is -0.478 e. The third-order valence-electron chi connectivity index (χ3n) is 2.70. The number of carboxylic acid groups (broad SMARTS) is 1. The van der Waals surface area contributed by atoms with Gasteiger partial charge in [0.2, 0.25) is 10.0 Å². The monoisotopic (exact) mass is 351 g/mol. The summed E-state index contributed by atoms with van der Waals surface area (Å²) in [5, 5.41) is 9.64. The van der Waals surface area contributed by atoms with Crippen LogP contribution in [0.15, 0.2) is 34.6 Å². The predicted octanol–water partition coefficient (Wildman–Crippen LogP) is 0.627. The Morgan fingerprint density at radius 1 is 1.38 bits per heavy atom. The molecule has 2 rings (SSSR count). The van der Waals surface area contributed by atoms with Crippen molar-refractivity contribution in [1.82, 2.24) is 4.72 Å². The number of carbonyl (C=O) groups is 1. The zero-order valence-electron chi connectivity index (χ0n) is 10.4. The molecule has 7 nitrogen and oxygen atoms in total. The van der Waals surface area contributed by atoms with Crippen molar-refractivity contribution in [3.05, 3.63) is 40.3 Å². The SMILES string of the molecule is O=C(O)c1ccc(Cl)c(S(=O)(=O)NC2C=CS(=O)(=O)C2)c1. The molecule has 2 N–H and O–H groups in total. The quantitative estimate of drug-likeness (QED) is 0.821. The third-order valence-corrected chi connectivity index (χ3v) is 6.07. The highest BCUT2D eigenvalue weighted by Gasteiger charge is 2.28. The zero-order chi connectivity index (χ0) is 15.8. The van der Waals surface area contributed by atoms with Gasteiger partial charge >= 0.3 is 5.97 Å². The van der Waals surface area contributed by atoms with Gasteiger partial charge in [-0.05, 0) is 18.2 Å². The van der Waals surface area contributed by atoms with Gasteiger partial charge in [-0.15, -0.1) is 0 Å². The highest BCUT2D eigenvalue weighted by molar-refractivity contribution is 7.94. The molecular formula is C11H10ClNO6S2. The van der Waals surface area contributed by atoms with E-state index in [0.717, 1.165) is 17.5 Å². The van der Waals surface area contributed by atoms with Gasteiger partial charge in [-0.3, -0.25) is 0 Å². The zero-order valence-corrected chi connectivity index (χ0v) is 12.7. The van der Waals surface area contributed by atoms with Crippen molar-refractivity contribution in [1.29, 1.82) is 0 Å².